The molecular weight excluding hydrogens is 362 g/mol. The third-order valence-corrected chi connectivity index (χ3v) is 6.08. The molecule has 0 aliphatic carbocycles. The zero-order chi connectivity index (χ0) is 18.8. The molecule has 144 valence electrons. The summed E-state index contributed by atoms with van der Waals surface area (Å²) in [5.74, 6) is 1.75. The Morgan fingerprint density at radius 1 is 1.33 bits per heavy atom. The molecule has 4 rings (SSSR count). The van der Waals surface area contributed by atoms with Gasteiger partial charge in [0.1, 0.15) is 18.1 Å². The minimum Gasteiger partial charge on any atom is -0.497 e. The van der Waals surface area contributed by atoms with Gasteiger partial charge in [0.05, 0.1) is 23.7 Å². The molecule has 7 heteroatoms. The average Bonchev–Trinajstić information content (AvgIpc) is 3.11. The highest BCUT2D eigenvalue weighted by molar-refractivity contribution is 7.09. The van der Waals surface area contributed by atoms with E-state index in [1.807, 2.05) is 30.0 Å². The van der Waals surface area contributed by atoms with E-state index in [9.17, 15) is 4.79 Å². The van der Waals surface area contributed by atoms with Crippen LogP contribution >= 0.6 is 11.3 Å². The predicted octanol–water partition coefficient (Wildman–Crippen LogP) is 2.36. The molecular formula is C20H25N3O3S. The number of piperazine rings is 1. The van der Waals surface area contributed by atoms with Crippen LogP contribution in [0.2, 0.25) is 0 Å². The van der Waals surface area contributed by atoms with E-state index in [-0.39, 0.29) is 11.8 Å². The third-order valence-electron chi connectivity index (χ3n) is 5.26. The Hall–Kier alpha value is -2.12. The van der Waals surface area contributed by atoms with Crippen LogP contribution in [0.25, 0.3) is 0 Å². The maximum atomic E-state index is 13.0. The third kappa shape index (κ3) is 4.09. The standard InChI is InChI=1S/C20H25N3O3S/c1-14-21-17(13-27-14)11-22-5-7-23(8-6-22)20(24)16-9-15-10-18(25-2)3-4-19(15)26-12-16/h3-4,10,13,16H,5-9,11-12H2,1-2H3/t16-/m0/s1. The number of hydrogen-bond acceptors (Lipinski definition) is 6. The van der Waals surface area contributed by atoms with Crippen molar-refractivity contribution in [2.75, 3.05) is 39.9 Å². The van der Waals surface area contributed by atoms with Gasteiger partial charge >= 0.3 is 0 Å². The Bertz CT molecular complexity index is 815. The van der Waals surface area contributed by atoms with Crippen molar-refractivity contribution in [2.24, 2.45) is 5.92 Å². The van der Waals surface area contributed by atoms with Crippen LogP contribution < -0.4 is 9.47 Å². The van der Waals surface area contributed by atoms with Gasteiger partial charge in [-0.25, -0.2) is 4.98 Å². The van der Waals surface area contributed by atoms with Gasteiger partial charge in [0, 0.05) is 38.1 Å². The van der Waals surface area contributed by atoms with Gasteiger partial charge in [-0.2, -0.15) is 0 Å². The highest BCUT2D eigenvalue weighted by Gasteiger charge is 2.31. The molecule has 1 fully saturated rings. The Morgan fingerprint density at radius 3 is 2.85 bits per heavy atom. The molecule has 1 atom stereocenters. The summed E-state index contributed by atoms with van der Waals surface area (Å²) in [7, 11) is 1.65. The number of hydrogen-bond donors (Lipinski definition) is 0. The van der Waals surface area contributed by atoms with E-state index < -0.39 is 0 Å². The van der Waals surface area contributed by atoms with Gasteiger partial charge < -0.3 is 14.4 Å². The minimum absolute atomic E-state index is 0.114. The molecule has 2 aliphatic rings. The van der Waals surface area contributed by atoms with Gasteiger partial charge in [-0.3, -0.25) is 9.69 Å². The summed E-state index contributed by atoms with van der Waals surface area (Å²) in [6.45, 7) is 6.67. The second kappa shape index (κ2) is 7.86. The lowest BCUT2D eigenvalue weighted by molar-refractivity contribution is -0.138. The van der Waals surface area contributed by atoms with Crippen LogP contribution in [0.15, 0.2) is 23.6 Å². The normalized spacial score (nSPS) is 20.1. The number of carbonyl (C=O) groups excluding carboxylic acids is 1. The minimum atomic E-state index is -0.114. The average molecular weight is 388 g/mol. The van der Waals surface area contributed by atoms with E-state index in [0.717, 1.165) is 60.5 Å². The fourth-order valence-corrected chi connectivity index (χ4v) is 4.35. The number of rotatable bonds is 4. The summed E-state index contributed by atoms with van der Waals surface area (Å²) in [5, 5.41) is 3.23. The number of aryl methyl sites for hydroxylation is 1. The molecule has 2 aliphatic heterocycles. The van der Waals surface area contributed by atoms with Crippen LogP contribution in [0.3, 0.4) is 0 Å². The van der Waals surface area contributed by atoms with E-state index in [0.29, 0.717) is 13.0 Å². The number of carbonyl (C=O) groups is 1. The molecule has 0 saturated carbocycles. The monoisotopic (exact) mass is 387 g/mol. The van der Waals surface area contributed by atoms with E-state index in [4.69, 9.17) is 9.47 Å². The van der Waals surface area contributed by atoms with Crippen molar-refractivity contribution in [1.82, 2.24) is 14.8 Å². The second-order valence-electron chi connectivity index (χ2n) is 7.14. The molecule has 2 aromatic rings. The van der Waals surface area contributed by atoms with E-state index in [1.54, 1.807) is 18.4 Å². The highest BCUT2D eigenvalue weighted by Crippen LogP contribution is 2.31. The molecule has 27 heavy (non-hydrogen) atoms. The Balaban J connectivity index is 1.32. The van der Waals surface area contributed by atoms with Crippen molar-refractivity contribution in [3.8, 4) is 11.5 Å². The lowest BCUT2D eigenvalue weighted by Gasteiger charge is -2.37. The molecule has 1 saturated heterocycles. The molecule has 3 heterocycles. The summed E-state index contributed by atoms with van der Waals surface area (Å²) in [5.41, 5.74) is 2.18. The van der Waals surface area contributed by atoms with Crippen LogP contribution in [-0.4, -0.2) is 60.6 Å². The Labute approximate surface area is 163 Å². The quantitative estimate of drug-likeness (QED) is 0.806. The molecule has 0 bridgehead atoms. The van der Waals surface area contributed by atoms with Crippen LogP contribution in [-0.2, 0) is 17.8 Å². The van der Waals surface area contributed by atoms with Crippen molar-refractivity contribution >= 4 is 17.2 Å². The van der Waals surface area contributed by atoms with Crippen molar-refractivity contribution in [2.45, 2.75) is 19.9 Å². The van der Waals surface area contributed by atoms with Gasteiger partial charge in [0.15, 0.2) is 0 Å². The fourth-order valence-electron chi connectivity index (χ4n) is 3.75. The van der Waals surface area contributed by atoms with Crippen molar-refractivity contribution in [3.05, 3.63) is 39.8 Å². The largest absolute Gasteiger partial charge is 0.497 e. The summed E-state index contributed by atoms with van der Waals surface area (Å²) >= 11 is 1.69. The molecule has 0 radical (unpaired) electrons. The van der Waals surface area contributed by atoms with E-state index in [1.165, 1.54) is 0 Å². The van der Waals surface area contributed by atoms with Gasteiger partial charge in [-0.15, -0.1) is 11.3 Å². The SMILES string of the molecule is COc1ccc2c(c1)C[C@H](C(=O)N1CCN(Cc3csc(C)n3)CC1)CO2. The van der Waals surface area contributed by atoms with Crippen LogP contribution in [0.4, 0.5) is 0 Å². The van der Waals surface area contributed by atoms with Crippen LogP contribution in [0, 0.1) is 12.8 Å². The van der Waals surface area contributed by atoms with Crippen molar-refractivity contribution in [3.63, 3.8) is 0 Å². The topological polar surface area (TPSA) is 54.9 Å². The maximum absolute atomic E-state index is 13.0. The number of amides is 1. The number of fused-ring (bicyclic) bond motifs is 1. The van der Waals surface area contributed by atoms with E-state index in [2.05, 4.69) is 15.3 Å². The first kappa shape index (κ1) is 18.3. The first-order valence-corrected chi connectivity index (χ1v) is 10.2. The number of thiazole rings is 1. The molecule has 0 N–H and O–H groups in total. The van der Waals surface area contributed by atoms with Gasteiger partial charge in [-0.1, -0.05) is 0 Å². The summed E-state index contributed by atoms with van der Waals surface area (Å²) in [6.07, 6.45) is 0.712. The molecule has 0 unspecified atom stereocenters. The number of aromatic nitrogens is 1. The first-order valence-electron chi connectivity index (χ1n) is 9.34. The van der Waals surface area contributed by atoms with Crippen molar-refractivity contribution in [1.29, 1.82) is 0 Å². The van der Waals surface area contributed by atoms with Crippen molar-refractivity contribution < 1.29 is 14.3 Å². The summed E-state index contributed by atoms with van der Waals surface area (Å²) in [4.78, 5) is 21.9. The fraction of sp³-hybridized carbons (Fsp3) is 0.500. The lowest BCUT2D eigenvalue weighted by atomic mass is 9.95. The van der Waals surface area contributed by atoms with Crippen LogP contribution in [0.5, 0.6) is 11.5 Å². The smallest absolute Gasteiger partial charge is 0.229 e. The van der Waals surface area contributed by atoms with Crippen LogP contribution in [0.1, 0.15) is 16.3 Å². The molecule has 0 spiro atoms. The van der Waals surface area contributed by atoms with E-state index >= 15 is 0 Å². The second-order valence-corrected chi connectivity index (χ2v) is 8.21. The maximum Gasteiger partial charge on any atom is 0.229 e. The highest BCUT2D eigenvalue weighted by atomic mass is 32.1. The van der Waals surface area contributed by atoms with Gasteiger partial charge in [-0.05, 0) is 37.1 Å². The molecule has 1 aromatic heterocycles. The predicted molar refractivity (Wildman–Crippen MR) is 104 cm³/mol. The number of methoxy groups -OCH3 is 1. The lowest BCUT2D eigenvalue weighted by Crippen LogP contribution is -2.51. The molecule has 1 amide bonds. The Kier molecular flexibility index (Phi) is 5.31. The van der Waals surface area contributed by atoms with Gasteiger partial charge in [0.2, 0.25) is 5.91 Å². The molecule has 1 aromatic carbocycles. The first-order chi connectivity index (χ1) is 13.1. The summed E-state index contributed by atoms with van der Waals surface area (Å²) in [6, 6.07) is 5.79. The zero-order valence-electron chi connectivity index (χ0n) is 15.8. The Morgan fingerprint density at radius 2 is 2.15 bits per heavy atom. The van der Waals surface area contributed by atoms with Gasteiger partial charge in [0.25, 0.3) is 0 Å². The summed E-state index contributed by atoms with van der Waals surface area (Å²) < 4.78 is 11.1. The zero-order valence-corrected chi connectivity index (χ0v) is 16.6. The number of nitrogens with zero attached hydrogens (tertiary/aromatic N) is 3. The number of benzene rings is 1. The molecule has 6 nitrogen and oxygen atoms in total. The number of ether oxygens (including phenoxy) is 2.